The minimum atomic E-state index is -3.76. The lowest BCUT2D eigenvalue weighted by molar-refractivity contribution is 0.315. The van der Waals surface area contributed by atoms with Gasteiger partial charge in [0.1, 0.15) is 0 Å². The van der Waals surface area contributed by atoms with Crippen LogP contribution in [-0.2, 0) is 16.6 Å². The van der Waals surface area contributed by atoms with Gasteiger partial charge in [0.25, 0.3) is 5.56 Å². The summed E-state index contributed by atoms with van der Waals surface area (Å²) in [6, 6.07) is 11.9. The SMILES string of the molecule is Cc1cc(C)c2cc(CN(C3CCCC3)S(=O)(=O)c3ccc(Cl)cc3)c(=O)[nH]c2c1. The number of benzene rings is 2. The molecule has 1 aliphatic carbocycles. The molecule has 1 N–H and O–H groups in total. The summed E-state index contributed by atoms with van der Waals surface area (Å²) in [5, 5.41) is 1.42. The van der Waals surface area contributed by atoms with Gasteiger partial charge in [0.15, 0.2) is 0 Å². The van der Waals surface area contributed by atoms with Crippen molar-refractivity contribution >= 4 is 32.5 Å². The molecule has 0 amide bonds. The maximum absolute atomic E-state index is 13.5. The van der Waals surface area contributed by atoms with Gasteiger partial charge < -0.3 is 4.98 Å². The standard InChI is InChI=1S/C23H25ClN2O3S/c1-15-11-16(2)21-13-17(23(27)25-22(21)12-15)14-26(19-5-3-4-6-19)30(28,29)20-9-7-18(24)8-10-20/h7-13,19H,3-6,14H2,1-2H3,(H,25,27). The molecule has 1 saturated carbocycles. The van der Waals surface area contributed by atoms with Gasteiger partial charge in [-0.2, -0.15) is 4.31 Å². The summed E-state index contributed by atoms with van der Waals surface area (Å²) in [6.45, 7) is 4.03. The molecule has 4 rings (SSSR count). The molecule has 0 radical (unpaired) electrons. The summed E-state index contributed by atoms with van der Waals surface area (Å²) in [4.78, 5) is 16.0. The van der Waals surface area contributed by atoms with Crippen LogP contribution in [0.15, 0.2) is 52.2 Å². The van der Waals surface area contributed by atoms with E-state index >= 15 is 0 Å². The Hall–Kier alpha value is -2.15. The largest absolute Gasteiger partial charge is 0.322 e. The van der Waals surface area contributed by atoms with Gasteiger partial charge in [-0.1, -0.05) is 30.5 Å². The van der Waals surface area contributed by atoms with Crippen LogP contribution in [0.2, 0.25) is 5.02 Å². The van der Waals surface area contributed by atoms with Crippen LogP contribution in [0.25, 0.3) is 10.9 Å². The number of nitrogens with zero attached hydrogens (tertiary/aromatic N) is 1. The molecule has 0 saturated heterocycles. The van der Waals surface area contributed by atoms with Crippen molar-refractivity contribution in [1.29, 1.82) is 0 Å². The van der Waals surface area contributed by atoms with Crippen LogP contribution in [0.3, 0.4) is 0 Å². The van der Waals surface area contributed by atoms with Gasteiger partial charge in [-0.15, -0.1) is 0 Å². The van der Waals surface area contributed by atoms with E-state index in [9.17, 15) is 13.2 Å². The predicted molar refractivity (Wildman–Crippen MR) is 120 cm³/mol. The van der Waals surface area contributed by atoms with Crippen LogP contribution in [0.1, 0.15) is 42.4 Å². The van der Waals surface area contributed by atoms with Crippen molar-refractivity contribution in [1.82, 2.24) is 9.29 Å². The zero-order chi connectivity index (χ0) is 21.5. The van der Waals surface area contributed by atoms with E-state index < -0.39 is 10.0 Å². The minimum Gasteiger partial charge on any atom is -0.322 e. The molecule has 0 unspecified atom stereocenters. The maximum Gasteiger partial charge on any atom is 0.252 e. The van der Waals surface area contributed by atoms with Gasteiger partial charge in [-0.25, -0.2) is 8.42 Å². The zero-order valence-electron chi connectivity index (χ0n) is 17.1. The normalized spacial score (nSPS) is 15.3. The molecule has 2 aromatic carbocycles. The van der Waals surface area contributed by atoms with Crippen LogP contribution < -0.4 is 5.56 Å². The molecule has 5 nitrogen and oxygen atoms in total. The number of aromatic amines is 1. The second-order valence-corrected chi connectivity index (χ2v) is 10.4. The van der Waals surface area contributed by atoms with Crippen molar-refractivity contribution in [2.24, 2.45) is 0 Å². The van der Waals surface area contributed by atoms with Crippen LogP contribution in [0, 0.1) is 13.8 Å². The van der Waals surface area contributed by atoms with Crippen molar-refractivity contribution < 1.29 is 8.42 Å². The summed E-state index contributed by atoms with van der Waals surface area (Å²) >= 11 is 5.95. The lowest BCUT2D eigenvalue weighted by Gasteiger charge is -2.28. The van der Waals surface area contributed by atoms with E-state index in [1.54, 1.807) is 12.1 Å². The van der Waals surface area contributed by atoms with E-state index in [-0.39, 0.29) is 23.0 Å². The lowest BCUT2D eigenvalue weighted by atomic mass is 10.0. The number of rotatable bonds is 5. The van der Waals surface area contributed by atoms with Gasteiger partial charge in [0, 0.05) is 34.1 Å². The Morgan fingerprint density at radius 1 is 1.07 bits per heavy atom. The van der Waals surface area contributed by atoms with E-state index in [1.807, 2.05) is 26.0 Å². The van der Waals surface area contributed by atoms with Crippen LogP contribution >= 0.6 is 11.6 Å². The number of H-pyrrole nitrogens is 1. The molecule has 7 heteroatoms. The third-order valence-corrected chi connectivity index (χ3v) is 8.03. The minimum absolute atomic E-state index is 0.0498. The molecule has 0 atom stereocenters. The highest BCUT2D eigenvalue weighted by atomic mass is 35.5. The molecular weight excluding hydrogens is 420 g/mol. The van der Waals surface area contributed by atoms with Crippen molar-refractivity contribution in [3.63, 3.8) is 0 Å². The molecule has 3 aromatic rings. The van der Waals surface area contributed by atoms with E-state index in [0.717, 1.165) is 47.7 Å². The highest BCUT2D eigenvalue weighted by molar-refractivity contribution is 7.89. The third kappa shape index (κ3) is 4.04. The molecule has 1 fully saturated rings. The van der Waals surface area contributed by atoms with E-state index in [1.165, 1.54) is 16.4 Å². The number of hydrogen-bond donors (Lipinski definition) is 1. The molecule has 0 spiro atoms. The Morgan fingerprint density at radius 3 is 2.40 bits per heavy atom. The summed E-state index contributed by atoms with van der Waals surface area (Å²) in [5.41, 5.74) is 3.10. The summed E-state index contributed by atoms with van der Waals surface area (Å²) in [7, 11) is -3.76. The Morgan fingerprint density at radius 2 is 1.73 bits per heavy atom. The summed E-state index contributed by atoms with van der Waals surface area (Å²) in [6.07, 6.45) is 3.58. The Labute approximate surface area is 181 Å². The number of sulfonamides is 1. The van der Waals surface area contributed by atoms with Gasteiger partial charge in [-0.3, -0.25) is 4.79 Å². The smallest absolute Gasteiger partial charge is 0.252 e. The topological polar surface area (TPSA) is 70.2 Å². The highest BCUT2D eigenvalue weighted by Crippen LogP contribution is 2.31. The maximum atomic E-state index is 13.5. The highest BCUT2D eigenvalue weighted by Gasteiger charge is 2.34. The fraction of sp³-hybridized carbons (Fsp3) is 0.348. The Balaban J connectivity index is 1.79. The number of fused-ring (bicyclic) bond motifs is 1. The van der Waals surface area contributed by atoms with E-state index in [4.69, 9.17) is 11.6 Å². The molecule has 1 aliphatic rings. The fourth-order valence-corrected chi connectivity index (χ4v) is 6.14. The van der Waals surface area contributed by atoms with E-state index in [0.29, 0.717) is 10.6 Å². The third-order valence-electron chi connectivity index (χ3n) is 5.87. The first-order chi connectivity index (χ1) is 14.3. The quantitative estimate of drug-likeness (QED) is 0.606. The van der Waals surface area contributed by atoms with Crippen molar-refractivity contribution in [3.05, 3.63) is 74.5 Å². The van der Waals surface area contributed by atoms with Crippen LogP contribution in [0.4, 0.5) is 0 Å². The van der Waals surface area contributed by atoms with Gasteiger partial charge in [0.2, 0.25) is 10.0 Å². The molecule has 0 aliphatic heterocycles. The number of pyridine rings is 1. The van der Waals surface area contributed by atoms with Gasteiger partial charge in [-0.05, 0) is 74.2 Å². The van der Waals surface area contributed by atoms with Gasteiger partial charge >= 0.3 is 0 Å². The fourth-order valence-electron chi connectivity index (χ4n) is 4.35. The van der Waals surface area contributed by atoms with Crippen molar-refractivity contribution in [2.75, 3.05) is 0 Å². The predicted octanol–water partition coefficient (Wildman–Crippen LogP) is 4.93. The van der Waals surface area contributed by atoms with Crippen molar-refractivity contribution in [3.8, 4) is 0 Å². The number of halogens is 1. The number of hydrogen-bond acceptors (Lipinski definition) is 3. The second kappa shape index (κ2) is 8.17. The Kier molecular flexibility index (Phi) is 5.75. The molecule has 1 aromatic heterocycles. The zero-order valence-corrected chi connectivity index (χ0v) is 18.7. The van der Waals surface area contributed by atoms with Crippen molar-refractivity contribution in [2.45, 2.75) is 57.0 Å². The van der Waals surface area contributed by atoms with E-state index in [2.05, 4.69) is 11.1 Å². The lowest BCUT2D eigenvalue weighted by Crippen LogP contribution is -2.39. The molecule has 30 heavy (non-hydrogen) atoms. The van der Waals surface area contributed by atoms with Crippen LogP contribution in [0.5, 0.6) is 0 Å². The van der Waals surface area contributed by atoms with Crippen LogP contribution in [-0.4, -0.2) is 23.7 Å². The number of aromatic nitrogens is 1. The number of aryl methyl sites for hydroxylation is 2. The average molecular weight is 445 g/mol. The molecule has 0 bridgehead atoms. The first-order valence-electron chi connectivity index (χ1n) is 10.2. The molecule has 1 heterocycles. The average Bonchev–Trinajstić information content (AvgIpc) is 3.21. The summed E-state index contributed by atoms with van der Waals surface area (Å²) < 4.78 is 28.5. The monoisotopic (exact) mass is 444 g/mol. The first kappa shape index (κ1) is 21.1. The first-order valence-corrected chi connectivity index (χ1v) is 12.0. The number of nitrogens with one attached hydrogen (secondary N) is 1. The molecular formula is C23H25ClN2O3S. The van der Waals surface area contributed by atoms with Gasteiger partial charge in [0.05, 0.1) is 4.90 Å². The summed E-state index contributed by atoms with van der Waals surface area (Å²) in [5.74, 6) is 0. The Bertz CT molecular complexity index is 1240. The molecule has 158 valence electrons. The second-order valence-electron chi connectivity index (χ2n) is 8.11.